The van der Waals surface area contributed by atoms with Gasteiger partial charge < -0.3 is 4.57 Å². The maximum atomic E-state index is 14.7. The summed E-state index contributed by atoms with van der Waals surface area (Å²) in [6.45, 7) is 6.53. The van der Waals surface area contributed by atoms with Gasteiger partial charge in [-0.3, -0.25) is 0 Å². The lowest BCUT2D eigenvalue weighted by Crippen LogP contribution is -2.39. The first-order chi connectivity index (χ1) is 13.4. The maximum Gasteiger partial charge on any atom is 0.244 e. The van der Waals surface area contributed by atoms with Gasteiger partial charge in [0.2, 0.25) is 6.33 Å². The zero-order chi connectivity index (χ0) is 19.8. The lowest BCUT2D eigenvalue weighted by atomic mass is 10.1. The van der Waals surface area contributed by atoms with Crippen molar-refractivity contribution in [3.05, 3.63) is 103 Å². The summed E-state index contributed by atoms with van der Waals surface area (Å²) in [5.41, 5.74) is 0.00000233. The van der Waals surface area contributed by atoms with Gasteiger partial charge in [0.1, 0.15) is 24.0 Å². The van der Waals surface area contributed by atoms with Gasteiger partial charge in [-0.1, -0.05) is 72.8 Å². The second-order valence-corrected chi connectivity index (χ2v) is 10.9. The molecule has 0 amide bonds. The molecule has 1 aromatic heterocycles. The highest BCUT2D eigenvalue weighted by molar-refractivity contribution is 7.82. The standard InChI is InChI=1S/C24H26N2OP/c1-24(2,3)26-18-17-25(19-26)22-15-10-16-23(22)28(27,20-11-6-4-7-12-20)21-13-8-5-9-14-21/h4-19,22H,1-3H3/q+1. The average Bonchev–Trinajstić information content (AvgIpc) is 3.38. The molecule has 1 aliphatic carbocycles. The number of hydrogen-bond donors (Lipinski definition) is 0. The highest BCUT2D eigenvalue weighted by Gasteiger charge is 2.39. The molecule has 4 rings (SSSR count). The normalized spacial score (nSPS) is 17.0. The molecule has 0 spiro atoms. The van der Waals surface area contributed by atoms with E-state index in [4.69, 9.17) is 0 Å². The van der Waals surface area contributed by atoms with Crippen LogP contribution in [-0.4, -0.2) is 4.57 Å². The van der Waals surface area contributed by atoms with Gasteiger partial charge in [0.15, 0.2) is 7.14 Å². The third-order valence-corrected chi connectivity index (χ3v) is 8.41. The van der Waals surface area contributed by atoms with Gasteiger partial charge in [-0.2, -0.15) is 0 Å². The molecule has 1 atom stereocenters. The smallest absolute Gasteiger partial charge is 0.244 e. The zero-order valence-electron chi connectivity index (χ0n) is 16.6. The summed E-state index contributed by atoms with van der Waals surface area (Å²) in [6, 6.07) is 19.7. The van der Waals surface area contributed by atoms with E-state index >= 15 is 0 Å². The van der Waals surface area contributed by atoms with Crippen LogP contribution >= 0.6 is 7.14 Å². The Morgan fingerprint density at radius 3 is 2.00 bits per heavy atom. The van der Waals surface area contributed by atoms with Crippen LogP contribution < -0.4 is 15.2 Å². The SMILES string of the molecule is CC(C)(C)n1cc[n+](C2C=CC=C2P(=O)(c2ccccc2)c2ccccc2)c1. The Bertz CT molecular complexity index is 1030. The fraction of sp³-hybridized carbons (Fsp3) is 0.208. The third kappa shape index (κ3) is 3.21. The quantitative estimate of drug-likeness (QED) is 0.475. The van der Waals surface area contributed by atoms with E-state index < -0.39 is 7.14 Å². The number of allylic oxidation sites excluding steroid dienone is 4. The summed E-state index contributed by atoms with van der Waals surface area (Å²) in [6.07, 6.45) is 12.4. The molecule has 3 aromatic rings. The van der Waals surface area contributed by atoms with Gasteiger partial charge >= 0.3 is 0 Å². The molecule has 0 aliphatic heterocycles. The number of rotatable bonds is 4. The summed E-state index contributed by atoms with van der Waals surface area (Å²) in [4.78, 5) is 0. The van der Waals surface area contributed by atoms with Crippen LogP contribution in [0.25, 0.3) is 0 Å². The fourth-order valence-electron chi connectivity index (χ4n) is 3.65. The predicted octanol–water partition coefficient (Wildman–Crippen LogP) is 4.54. The molecule has 4 heteroatoms. The van der Waals surface area contributed by atoms with Gasteiger partial charge in [-0.25, -0.2) is 9.13 Å². The molecule has 1 unspecified atom stereocenters. The Morgan fingerprint density at radius 2 is 1.50 bits per heavy atom. The first kappa shape index (κ1) is 18.7. The van der Waals surface area contributed by atoms with Gasteiger partial charge in [0.05, 0.1) is 0 Å². The summed E-state index contributed by atoms with van der Waals surface area (Å²) in [7, 11) is -2.96. The minimum Gasteiger partial charge on any atom is -0.309 e. The van der Waals surface area contributed by atoms with Crippen molar-refractivity contribution in [3.63, 3.8) is 0 Å². The molecule has 0 saturated heterocycles. The van der Waals surface area contributed by atoms with Crippen molar-refractivity contribution >= 4 is 17.8 Å². The Hall–Kier alpha value is -2.64. The van der Waals surface area contributed by atoms with Crippen LogP contribution in [0.15, 0.2) is 103 Å². The number of imidazole rings is 1. The minimum absolute atomic E-state index is 0.00000233. The number of nitrogens with zero attached hydrogens (tertiary/aromatic N) is 2. The highest BCUT2D eigenvalue weighted by Crippen LogP contribution is 2.56. The molecule has 0 saturated carbocycles. The summed E-state index contributed by atoms with van der Waals surface area (Å²) < 4.78 is 19.0. The topological polar surface area (TPSA) is 25.9 Å². The van der Waals surface area contributed by atoms with E-state index in [-0.39, 0.29) is 11.6 Å². The van der Waals surface area contributed by atoms with Crippen LogP contribution in [0.5, 0.6) is 0 Å². The molecular weight excluding hydrogens is 363 g/mol. The molecule has 28 heavy (non-hydrogen) atoms. The van der Waals surface area contributed by atoms with Crippen LogP contribution in [0, 0.1) is 0 Å². The molecule has 1 heterocycles. The van der Waals surface area contributed by atoms with Crippen LogP contribution in [0.2, 0.25) is 0 Å². The van der Waals surface area contributed by atoms with E-state index in [0.717, 1.165) is 15.9 Å². The zero-order valence-corrected chi connectivity index (χ0v) is 17.5. The molecule has 3 nitrogen and oxygen atoms in total. The number of aromatic nitrogens is 2. The predicted molar refractivity (Wildman–Crippen MR) is 116 cm³/mol. The van der Waals surface area contributed by atoms with Gasteiger partial charge in [-0.05, 0) is 26.8 Å². The maximum absolute atomic E-state index is 14.7. The van der Waals surface area contributed by atoms with Crippen molar-refractivity contribution in [2.24, 2.45) is 0 Å². The van der Waals surface area contributed by atoms with Crippen LogP contribution in [-0.2, 0) is 10.1 Å². The van der Waals surface area contributed by atoms with Gasteiger partial charge in [-0.15, -0.1) is 0 Å². The Balaban J connectivity index is 1.83. The molecule has 1 aliphatic rings. The van der Waals surface area contributed by atoms with Crippen molar-refractivity contribution in [3.8, 4) is 0 Å². The molecule has 0 radical (unpaired) electrons. The average molecular weight is 389 g/mol. The summed E-state index contributed by atoms with van der Waals surface area (Å²) in [5.74, 6) is 0. The molecule has 2 aromatic carbocycles. The number of hydrogen-bond acceptors (Lipinski definition) is 1. The molecule has 0 bridgehead atoms. The van der Waals surface area contributed by atoms with Crippen molar-refractivity contribution in [2.45, 2.75) is 32.4 Å². The third-order valence-electron chi connectivity index (χ3n) is 5.22. The van der Waals surface area contributed by atoms with Crippen molar-refractivity contribution in [2.75, 3.05) is 0 Å². The lowest BCUT2D eigenvalue weighted by molar-refractivity contribution is -0.702. The Kier molecular flexibility index (Phi) is 4.72. The second kappa shape index (κ2) is 7.07. The van der Waals surface area contributed by atoms with E-state index in [1.165, 1.54) is 0 Å². The minimum atomic E-state index is -2.96. The first-order valence-corrected chi connectivity index (χ1v) is 11.3. The molecule has 142 valence electrons. The van der Waals surface area contributed by atoms with E-state index in [9.17, 15) is 4.57 Å². The van der Waals surface area contributed by atoms with Crippen molar-refractivity contribution in [1.82, 2.24) is 4.57 Å². The van der Waals surface area contributed by atoms with E-state index in [1.54, 1.807) is 0 Å². The van der Waals surface area contributed by atoms with E-state index in [2.05, 4.69) is 54.7 Å². The first-order valence-electron chi connectivity index (χ1n) is 9.60. The van der Waals surface area contributed by atoms with E-state index in [1.807, 2.05) is 72.8 Å². The van der Waals surface area contributed by atoms with Crippen LogP contribution in [0.4, 0.5) is 0 Å². The Labute approximate surface area is 167 Å². The van der Waals surface area contributed by atoms with Crippen LogP contribution in [0.1, 0.15) is 26.8 Å². The molecular formula is C24H26N2OP+. The summed E-state index contributed by atoms with van der Waals surface area (Å²) in [5, 5.41) is 2.69. The van der Waals surface area contributed by atoms with Crippen molar-refractivity contribution in [1.29, 1.82) is 0 Å². The summed E-state index contributed by atoms with van der Waals surface area (Å²) >= 11 is 0. The van der Waals surface area contributed by atoms with Crippen molar-refractivity contribution < 1.29 is 9.13 Å². The monoisotopic (exact) mass is 389 g/mol. The van der Waals surface area contributed by atoms with Crippen LogP contribution in [0.3, 0.4) is 0 Å². The molecule has 0 fully saturated rings. The Morgan fingerprint density at radius 1 is 0.929 bits per heavy atom. The molecule has 0 N–H and O–H groups in total. The highest BCUT2D eigenvalue weighted by atomic mass is 31.2. The van der Waals surface area contributed by atoms with E-state index in [0.29, 0.717) is 0 Å². The largest absolute Gasteiger partial charge is 0.309 e. The fourth-order valence-corrected chi connectivity index (χ4v) is 6.62. The number of benzene rings is 2. The second-order valence-electron chi connectivity index (χ2n) is 8.14. The van der Waals surface area contributed by atoms with Gasteiger partial charge in [0.25, 0.3) is 0 Å². The lowest BCUT2D eigenvalue weighted by Gasteiger charge is -2.24. The van der Waals surface area contributed by atoms with Gasteiger partial charge in [0, 0.05) is 15.9 Å².